The summed E-state index contributed by atoms with van der Waals surface area (Å²) in [5.41, 5.74) is 2.15. The first-order chi connectivity index (χ1) is 9.01. The molecule has 2 heteroatoms. The fourth-order valence-corrected chi connectivity index (χ4v) is 2.27. The Labute approximate surface area is 114 Å². The van der Waals surface area contributed by atoms with Gasteiger partial charge in [-0.25, -0.2) is 0 Å². The van der Waals surface area contributed by atoms with E-state index in [0.29, 0.717) is 6.42 Å². The van der Waals surface area contributed by atoms with Crippen molar-refractivity contribution in [3.63, 3.8) is 0 Å². The summed E-state index contributed by atoms with van der Waals surface area (Å²) in [6.07, 6.45) is 1.47. The van der Waals surface area contributed by atoms with Crippen LogP contribution >= 0.6 is 0 Å². The third kappa shape index (κ3) is 3.36. The Morgan fingerprint density at radius 3 is 2.26 bits per heavy atom. The average molecular weight is 256 g/mol. The summed E-state index contributed by atoms with van der Waals surface area (Å²) in [6.45, 7) is 3.91. The number of hydrogen-bond acceptors (Lipinski definition) is 2. The zero-order valence-corrected chi connectivity index (χ0v) is 11.4. The van der Waals surface area contributed by atoms with Crippen molar-refractivity contribution in [2.75, 3.05) is 0 Å². The van der Waals surface area contributed by atoms with Gasteiger partial charge in [-0.2, -0.15) is 0 Å². The van der Waals surface area contributed by atoms with Gasteiger partial charge in [-0.1, -0.05) is 43.3 Å². The van der Waals surface area contributed by atoms with Crippen LogP contribution in [0.15, 0.2) is 48.5 Å². The summed E-state index contributed by atoms with van der Waals surface area (Å²) >= 11 is 0. The van der Waals surface area contributed by atoms with Crippen LogP contribution in [0.2, 0.25) is 0 Å². The Morgan fingerprint density at radius 1 is 1.00 bits per heavy atom. The van der Waals surface area contributed by atoms with Crippen molar-refractivity contribution in [3.8, 4) is 5.75 Å². The summed E-state index contributed by atoms with van der Waals surface area (Å²) in [5.74, 6) is 0.231. The van der Waals surface area contributed by atoms with Gasteiger partial charge in [0.1, 0.15) is 5.75 Å². The molecule has 2 aromatic rings. The molecule has 100 valence electrons. The number of benzene rings is 2. The Balaban J connectivity index is 2.21. The smallest absolute Gasteiger partial charge is 0.115 e. The fourth-order valence-electron chi connectivity index (χ4n) is 2.27. The standard InChI is InChI=1S/C17H20O2/c1-3-13-7-9-15(10-8-13)17(2,19)12-14-5-4-6-16(18)11-14/h4-11,18-19H,3,12H2,1-2H3. The summed E-state index contributed by atoms with van der Waals surface area (Å²) in [7, 11) is 0. The number of phenols is 1. The highest BCUT2D eigenvalue weighted by Crippen LogP contribution is 2.26. The van der Waals surface area contributed by atoms with Crippen molar-refractivity contribution in [2.45, 2.75) is 32.3 Å². The molecular weight excluding hydrogens is 236 g/mol. The van der Waals surface area contributed by atoms with Gasteiger partial charge in [-0.3, -0.25) is 0 Å². The Bertz CT molecular complexity index is 541. The van der Waals surface area contributed by atoms with Crippen LogP contribution in [-0.4, -0.2) is 10.2 Å². The predicted octanol–water partition coefficient (Wildman–Crippen LogP) is 3.40. The Morgan fingerprint density at radius 2 is 1.68 bits per heavy atom. The monoisotopic (exact) mass is 256 g/mol. The molecule has 0 fully saturated rings. The van der Waals surface area contributed by atoms with E-state index >= 15 is 0 Å². The molecule has 2 nitrogen and oxygen atoms in total. The van der Waals surface area contributed by atoms with Crippen LogP contribution in [0.1, 0.15) is 30.5 Å². The molecule has 0 saturated heterocycles. The minimum Gasteiger partial charge on any atom is -0.508 e. The van der Waals surface area contributed by atoms with Crippen LogP contribution < -0.4 is 0 Å². The molecule has 1 unspecified atom stereocenters. The van der Waals surface area contributed by atoms with E-state index in [4.69, 9.17) is 0 Å². The van der Waals surface area contributed by atoms with Crippen molar-refractivity contribution < 1.29 is 10.2 Å². The van der Waals surface area contributed by atoms with Gasteiger partial charge in [-0.15, -0.1) is 0 Å². The predicted molar refractivity (Wildman–Crippen MR) is 77.2 cm³/mol. The summed E-state index contributed by atoms with van der Waals surface area (Å²) in [4.78, 5) is 0. The first-order valence-electron chi connectivity index (χ1n) is 6.61. The van der Waals surface area contributed by atoms with Crippen LogP contribution in [0.5, 0.6) is 5.75 Å². The summed E-state index contributed by atoms with van der Waals surface area (Å²) in [6, 6.07) is 15.1. The van der Waals surface area contributed by atoms with Crippen LogP contribution in [-0.2, 0) is 18.4 Å². The molecule has 0 aromatic heterocycles. The number of aryl methyl sites for hydroxylation is 1. The lowest BCUT2D eigenvalue weighted by Gasteiger charge is -2.24. The number of phenolic OH excluding ortho intramolecular Hbond substituents is 1. The van der Waals surface area contributed by atoms with E-state index < -0.39 is 5.60 Å². The SMILES string of the molecule is CCc1ccc(C(C)(O)Cc2cccc(O)c2)cc1. The third-order valence-electron chi connectivity index (χ3n) is 3.44. The van der Waals surface area contributed by atoms with Crippen LogP contribution in [0, 0.1) is 0 Å². The number of rotatable bonds is 4. The maximum Gasteiger partial charge on any atom is 0.115 e. The van der Waals surface area contributed by atoms with Gasteiger partial charge in [0.25, 0.3) is 0 Å². The normalized spacial score (nSPS) is 14.1. The van der Waals surface area contributed by atoms with Gasteiger partial charge in [-0.05, 0) is 42.2 Å². The van der Waals surface area contributed by atoms with E-state index in [1.807, 2.05) is 30.3 Å². The second kappa shape index (κ2) is 5.45. The molecule has 0 radical (unpaired) electrons. The Kier molecular flexibility index (Phi) is 3.91. The molecule has 0 amide bonds. The Hall–Kier alpha value is -1.80. The molecule has 0 aliphatic carbocycles. The second-order valence-electron chi connectivity index (χ2n) is 5.17. The molecule has 2 rings (SSSR count). The number of aromatic hydroxyl groups is 1. The second-order valence-corrected chi connectivity index (χ2v) is 5.17. The molecule has 2 aromatic carbocycles. The van der Waals surface area contributed by atoms with E-state index in [2.05, 4.69) is 6.92 Å². The highest BCUT2D eigenvalue weighted by Gasteiger charge is 2.23. The number of aliphatic hydroxyl groups is 1. The van der Waals surface area contributed by atoms with Crippen molar-refractivity contribution in [2.24, 2.45) is 0 Å². The highest BCUT2D eigenvalue weighted by molar-refractivity contribution is 5.32. The first-order valence-corrected chi connectivity index (χ1v) is 6.61. The third-order valence-corrected chi connectivity index (χ3v) is 3.44. The lowest BCUT2D eigenvalue weighted by atomic mass is 9.88. The van der Waals surface area contributed by atoms with Crippen molar-refractivity contribution in [3.05, 3.63) is 65.2 Å². The molecule has 0 aliphatic rings. The van der Waals surface area contributed by atoms with Gasteiger partial charge < -0.3 is 10.2 Å². The summed E-state index contributed by atoms with van der Waals surface area (Å²) in [5, 5.41) is 20.1. The molecule has 0 spiro atoms. The molecular formula is C17H20O2. The van der Waals surface area contributed by atoms with Crippen molar-refractivity contribution >= 4 is 0 Å². The maximum atomic E-state index is 10.6. The van der Waals surface area contributed by atoms with Gasteiger partial charge in [0.05, 0.1) is 5.60 Å². The molecule has 0 bridgehead atoms. The lowest BCUT2D eigenvalue weighted by Crippen LogP contribution is -2.24. The lowest BCUT2D eigenvalue weighted by molar-refractivity contribution is 0.0576. The van der Waals surface area contributed by atoms with E-state index in [9.17, 15) is 10.2 Å². The van der Waals surface area contributed by atoms with Crippen LogP contribution in [0.4, 0.5) is 0 Å². The van der Waals surface area contributed by atoms with Crippen molar-refractivity contribution in [1.82, 2.24) is 0 Å². The molecule has 0 aliphatic heterocycles. The topological polar surface area (TPSA) is 40.5 Å². The van der Waals surface area contributed by atoms with E-state index in [1.54, 1.807) is 25.1 Å². The summed E-state index contributed by atoms with van der Waals surface area (Å²) < 4.78 is 0. The highest BCUT2D eigenvalue weighted by atomic mass is 16.3. The molecule has 19 heavy (non-hydrogen) atoms. The molecule has 2 N–H and O–H groups in total. The minimum absolute atomic E-state index is 0.231. The van der Waals surface area contributed by atoms with E-state index in [-0.39, 0.29) is 5.75 Å². The quantitative estimate of drug-likeness (QED) is 0.880. The van der Waals surface area contributed by atoms with Crippen LogP contribution in [0.3, 0.4) is 0 Å². The molecule has 0 heterocycles. The van der Waals surface area contributed by atoms with Crippen molar-refractivity contribution in [1.29, 1.82) is 0 Å². The fraction of sp³-hybridized carbons (Fsp3) is 0.294. The zero-order chi connectivity index (χ0) is 13.9. The molecule has 0 saturated carbocycles. The maximum absolute atomic E-state index is 10.6. The number of hydrogen-bond donors (Lipinski definition) is 2. The minimum atomic E-state index is -0.930. The molecule has 1 atom stereocenters. The zero-order valence-electron chi connectivity index (χ0n) is 11.4. The average Bonchev–Trinajstić information content (AvgIpc) is 2.38. The van der Waals surface area contributed by atoms with Gasteiger partial charge in [0.2, 0.25) is 0 Å². The largest absolute Gasteiger partial charge is 0.508 e. The van der Waals surface area contributed by atoms with E-state index in [1.165, 1.54) is 5.56 Å². The van der Waals surface area contributed by atoms with Gasteiger partial charge in [0.15, 0.2) is 0 Å². The first kappa shape index (κ1) is 13.6. The van der Waals surface area contributed by atoms with Gasteiger partial charge >= 0.3 is 0 Å². The van der Waals surface area contributed by atoms with Crippen LogP contribution in [0.25, 0.3) is 0 Å². The van der Waals surface area contributed by atoms with Gasteiger partial charge in [0, 0.05) is 6.42 Å². The van der Waals surface area contributed by atoms with E-state index in [0.717, 1.165) is 17.5 Å².